The summed E-state index contributed by atoms with van der Waals surface area (Å²) >= 11 is 5.67. The molecule has 2 amide bonds. The number of aromatic nitrogens is 1. The van der Waals surface area contributed by atoms with E-state index in [2.05, 4.69) is 10.6 Å². The lowest BCUT2D eigenvalue weighted by Crippen LogP contribution is -2.49. The maximum absolute atomic E-state index is 15.1. The number of allylic oxidation sites excluding steroid dienone is 2. The van der Waals surface area contributed by atoms with Crippen LogP contribution in [0.15, 0.2) is 60.4 Å². The molecule has 0 spiro atoms. The molecule has 45 heavy (non-hydrogen) atoms. The SMILES string of the molecule is O=C(NC1CCC(C(=O)NCCOCCOCCCCCCCl)CC1)c1ccc(C2=C3C=CC=[N+]3[B-](F)(F)n3cccc32)cc1. The number of rotatable bonds is 16. The van der Waals surface area contributed by atoms with Gasteiger partial charge in [-0.1, -0.05) is 25.0 Å². The third kappa shape index (κ3) is 8.12. The number of hydrogen-bond acceptors (Lipinski definition) is 4. The van der Waals surface area contributed by atoms with E-state index in [0.29, 0.717) is 67.6 Å². The van der Waals surface area contributed by atoms with Gasteiger partial charge in [-0.15, -0.1) is 11.6 Å². The van der Waals surface area contributed by atoms with E-state index >= 15 is 8.63 Å². The Morgan fingerprint density at radius 2 is 1.69 bits per heavy atom. The summed E-state index contributed by atoms with van der Waals surface area (Å²) in [5.41, 5.74) is 2.85. The van der Waals surface area contributed by atoms with Crippen LogP contribution in [0.4, 0.5) is 8.63 Å². The molecule has 1 aromatic heterocycles. The second kappa shape index (κ2) is 15.8. The predicted octanol–water partition coefficient (Wildman–Crippen LogP) is 5.37. The fourth-order valence-corrected chi connectivity index (χ4v) is 6.42. The molecular formula is C33H42BClF2N4O4. The third-order valence-electron chi connectivity index (χ3n) is 8.70. The van der Waals surface area contributed by atoms with Crippen LogP contribution in [0.25, 0.3) is 5.57 Å². The maximum atomic E-state index is 15.1. The number of nitrogens with zero attached hydrogens (tertiary/aromatic N) is 2. The van der Waals surface area contributed by atoms with Crippen LogP contribution >= 0.6 is 11.6 Å². The number of ether oxygens (including phenoxy) is 2. The first kappa shape index (κ1) is 33.1. The summed E-state index contributed by atoms with van der Waals surface area (Å²) in [6.45, 7) is -1.26. The van der Waals surface area contributed by atoms with Crippen molar-refractivity contribution in [3.8, 4) is 0 Å². The summed E-state index contributed by atoms with van der Waals surface area (Å²) in [5, 5.41) is 6.06. The molecule has 0 saturated heterocycles. The van der Waals surface area contributed by atoms with Crippen molar-refractivity contribution in [2.24, 2.45) is 5.92 Å². The van der Waals surface area contributed by atoms with Crippen LogP contribution in [-0.4, -0.2) is 78.9 Å². The Labute approximate surface area is 268 Å². The van der Waals surface area contributed by atoms with Crippen molar-refractivity contribution in [2.45, 2.75) is 57.4 Å². The summed E-state index contributed by atoms with van der Waals surface area (Å²) < 4.78 is 43.3. The fraction of sp³-hybridized carbons (Fsp3) is 0.485. The highest BCUT2D eigenvalue weighted by atomic mass is 35.5. The molecule has 0 unspecified atom stereocenters. The largest absolute Gasteiger partial charge is 0.737 e. The molecule has 0 radical (unpaired) electrons. The van der Waals surface area contributed by atoms with Crippen LogP contribution in [0.3, 0.4) is 0 Å². The second-order valence-corrected chi connectivity index (χ2v) is 12.2. The van der Waals surface area contributed by atoms with Crippen molar-refractivity contribution in [3.63, 3.8) is 0 Å². The molecule has 1 saturated carbocycles. The van der Waals surface area contributed by atoms with Crippen molar-refractivity contribution in [1.29, 1.82) is 0 Å². The first-order valence-corrected chi connectivity index (χ1v) is 16.6. The molecule has 3 aliphatic rings. The van der Waals surface area contributed by atoms with Crippen LogP contribution < -0.4 is 10.6 Å². The second-order valence-electron chi connectivity index (χ2n) is 11.8. The Bertz CT molecular complexity index is 1420. The molecule has 12 heteroatoms. The van der Waals surface area contributed by atoms with Crippen molar-refractivity contribution < 1.29 is 32.2 Å². The van der Waals surface area contributed by atoms with Crippen LogP contribution in [0, 0.1) is 5.92 Å². The number of nitrogens with one attached hydrogen (secondary N) is 2. The summed E-state index contributed by atoms with van der Waals surface area (Å²) in [5.74, 6) is 0.493. The Balaban J connectivity index is 1.01. The van der Waals surface area contributed by atoms with Gasteiger partial charge in [0.1, 0.15) is 6.21 Å². The number of hydrogen-bond donors (Lipinski definition) is 2. The van der Waals surface area contributed by atoms with Gasteiger partial charge >= 0.3 is 6.97 Å². The molecule has 0 atom stereocenters. The van der Waals surface area contributed by atoms with Gasteiger partial charge < -0.3 is 37.7 Å². The van der Waals surface area contributed by atoms with E-state index in [0.717, 1.165) is 59.7 Å². The van der Waals surface area contributed by atoms with Gasteiger partial charge in [-0.3, -0.25) is 9.59 Å². The van der Waals surface area contributed by atoms with Crippen LogP contribution in [-0.2, 0) is 14.3 Å². The molecule has 1 aromatic carbocycles. The number of carbonyl (C=O) groups excluding carboxylic acids is 2. The topological polar surface area (TPSA) is 84.6 Å². The van der Waals surface area contributed by atoms with E-state index in [1.54, 1.807) is 48.6 Å². The van der Waals surface area contributed by atoms with Crippen molar-refractivity contribution in [1.82, 2.24) is 15.1 Å². The van der Waals surface area contributed by atoms with Gasteiger partial charge in [-0.2, -0.15) is 0 Å². The van der Waals surface area contributed by atoms with Gasteiger partial charge in [0.2, 0.25) is 5.91 Å². The van der Waals surface area contributed by atoms with Gasteiger partial charge in [0, 0.05) is 54.4 Å². The number of fused-ring (bicyclic) bond motifs is 2. The number of unbranched alkanes of at least 4 members (excludes halogenated alkanes) is 3. The zero-order valence-corrected chi connectivity index (χ0v) is 26.3. The van der Waals surface area contributed by atoms with E-state index in [4.69, 9.17) is 21.1 Å². The maximum Gasteiger partial charge on any atom is 0.737 e. The predicted molar refractivity (Wildman–Crippen MR) is 173 cm³/mol. The first-order chi connectivity index (χ1) is 21.9. The first-order valence-electron chi connectivity index (χ1n) is 16.0. The number of halogens is 3. The Kier molecular flexibility index (Phi) is 11.6. The lowest BCUT2D eigenvalue weighted by atomic mass is 9.85. The number of amides is 2. The van der Waals surface area contributed by atoms with E-state index in [1.807, 2.05) is 0 Å². The van der Waals surface area contributed by atoms with Gasteiger partial charge in [0.05, 0.1) is 25.4 Å². The van der Waals surface area contributed by atoms with E-state index in [-0.39, 0.29) is 23.8 Å². The van der Waals surface area contributed by atoms with Crippen molar-refractivity contribution >= 4 is 42.2 Å². The van der Waals surface area contributed by atoms with Gasteiger partial charge in [-0.05, 0) is 74.6 Å². The fourth-order valence-electron chi connectivity index (χ4n) is 6.24. The van der Waals surface area contributed by atoms with Crippen molar-refractivity contribution in [2.75, 3.05) is 38.9 Å². The molecule has 2 N–H and O–H groups in total. The molecule has 242 valence electrons. The third-order valence-corrected chi connectivity index (χ3v) is 8.97. The average Bonchev–Trinajstić information content (AvgIpc) is 3.74. The minimum Gasteiger partial charge on any atom is -0.396 e. The van der Waals surface area contributed by atoms with Gasteiger partial charge in [0.15, 0.2) is 5.70 Å². The molecule has 1 aliphatic carbocycles. The number of benzene rings is 1. The summed E-state index contributed by atoms with van der Waals surface area (Å²) in [6.07, 6.45) is 13.3. The minimum atomic E-state index is -3.95. The monoisotopic (exact) mass is 642 g/mol. The Morgan fingerprint density at radius 1 is 0.956 bits per heavy atom. The van der Waals surface area contributed by atoms with Crippen LogP contribution in [0.2, 0.25) is 0 Å². The molecule has 1 fully saturated rings. The lowest BCUT2D eigenvalue weighted by molar-refractivity contribution is -0.356. The van der Waals surface area contributed by atoms with Crippen LogP contribution in [0.1, 0.15) is 73.0 Å². The minimum absolute atomic E-state index is 0.00590. The highest BCUT2D eigenvalue weighted by molar-refractivity contribution is 6.57. The molecule has 0 bridgehead atoms. The summed E-state index contributed by atoms with van der Waals surface area (Å²) in [6, 6.07) is 10.4. The quantitative estimate of drug-likeness (QED) is 0.147. The molecular weight excluding hydrogens is 601 g/mol. The Hall–Kier alpha value is -3.28. The highest BCUT2D eigenvalue weighted by Gasteiger charge is 2.51. The number of carbonyl (C=O) groups is 2. The number of alkyl halides is 1. The highest BCUT2D eigenvalue weighted by Crippen LogP contribution is 2.38. The Morgan fingerprint density at radius 3 is 2.44 bits per heavy atom. The molecule has 3 heterocycles. The van der Waals surface area contributed by atoms with Gasteiger partial charge in [-0.25, -0.2) is 0 Å². The van der Waals surface area contributed by atoms with Crippen LogP contribution in [0.5, 0.6) is 0 Å². The molecule has 2 aliphatic heterocycles. The van der Waals surface area contributed by atoms with E-state index in [9.17, 15) is 9.59 Å². The zero-order valence-electron chi connectivity index (χ0n) is 25.6. The summed E-state index contributed by atoms with van der Waals surface area (Å²) in [7, 11) is 0. The summed E-state index contributed by atoms with van der Waals surface area (Å²) in [4.78, 5) is 25.6. The average molecular weight is 643 g/mol. The normalized spacial score (nSPS) is 20.0. The smallest absolute Gasteiger partial charge is 0.396 e. The molecule has 5 rings (SSSR count). The zero-order chi connectivity index (χ0) is 31.6. The molecule has 8 nitrogen and oxygen atoms in total. The van der Waals surface area contributed by atoms with Gasteiger partial charge in [0.25, 0.3) is 5.91 Å². The molecule has 2 aromatic rings. The standard InChI is InChI=1S/C33H42BClF2N4O4/c35-17-3-1-2-4-21-44-23-24-45-22-18-38-32(42)26-13-15-28(16-14-26)39-33(43)27-11-9-25(10-12-27)31-29-7-5-19-40(29)34(36,37)41-20-6-8-30(31)41/h5-12,19-20,26,28H,1-4,13-18,21-24H2,(H,38,42)(H,39,43). The van der Waals surface area contributed by atoms with E-state index < -0.39 is 6.97 Å². The van der Waals surface area contributed by atoms with Crippen molar-refractivity contribution in [3.05, 3.63) is 77.3 Å². The lowest BCUT2D eigenvalue weighted by Gasteiger charge is -2.31. The van der Waals surface area contributed by atoms with E-state index in [1.165, 1.54) is 12.4 Å².